The van der Waals surface area contributed by atoms with Crippen molar-refractivity contribution in [2.75, 3.05) is 5.33 Å². The largest absolute Gasteiger partial charge is 0.478 e. The summed E-state index contributed by atoms with van der Waals surface area (Å²) in [5, 5.41) is 11.5. The van der Waals surface area contributed by atoms with Crippen LogP contribution in [-0.4, -0.2) is 10.3 Å². The minimum atomic E-state index is -0.439. The third kappa shape index (κ3) is 3.32. The Morgan fingerprint density at radius 2 is 1.74 bits per heavy atom. The third-order valence-electron chi connectivity index (χ3n) is 2.64. The lowest BCUT2D eigenvalue weighted by atomic mass is 10.1. The van der Waals surface area contributed by atoms with Crippen LogP contribution in [0.5, 0.6) is 5.75 Å². The van der Waals surface area contributed by atoms with Gasteiger partial charge in [0.25, 0.3) is 0 Å². The molecule has 0 radical (unpaired) electrons. The fourth-order valence-electron chi connectivity index (χ4n) is 1.72. The van der Waals surface area contributed by atoms with E-state index in [1.165, 1.54) is 6.07 Å². The van der Waals surface area contributed by atoms with Crippen LogP contribution in [0, 0.1) is 10.1 Å². The number of nitro benzene ring substituents is 1. The lowest BCUT2D eigenvalue weighted by Gasteiger charge is -2.17. The highest BCUT2D eigenvalue weighted by Gasteiger charge is 2.18. The standard InChI is InChI=1S/C14H12BrNO3/c15-10-14(11-6-2-1-3-7-11)19-13-9-5-4-8-12(13)16(17)18/h1-9,14H,10H2/t14-/m0/s1. The van der Waals surface area contributed by atoms with E-state index in [-0.39, 0.29) is 17.5 Å². The number of benzene rings is 2. The van der Waals surface area contributed by atoms with Crippen molar-refractivity contribution in [3.8, 4) is 5.75 Å². The molecule has 0 aliphatic rings. The van der Waals surface area contributed by atoms with Crippen LogP contribution in [0.1, 0.15) is 11.7 Å². The molecule has 0 heterocycles. The molecule has 0 saturated carbocycles. The summed E-state index contributed by atoms with van der Waals surface area (Å²) < 4.78 is 5.75. The summed E-state index contributed by atoms with van der Waals surface area (Å²) in [5.74, 6) is 0.279. The van der Waals surface area contributed by atoms with Gasteiger partial charge in [0.15, 0.2) is 5.75 Å². The minimum absolute atomic E-state index is 0.0237. The minimum Gasteiger partial charge on any atom is -0.478 e. The Bertz CT molecular complexity index is 560. The number of alkyl halides is 1. The van der Waals surface area contributed by atoms with Gasteiger partial charge in [0.05, 0.1) is 4.92 Å². The van der Waals surface area contributed by atoms with Gasteiger partial charge in [-0.15, -0.1) is 0 Å². The van der Waals surface area contributed by atoms with E-state index in [4.69, 9.17) is 4.74 Å². The first-order valence-corrected chi connectivity index (χ1v) is 6.85. The first-order chi connectivity index (χ1) is 9.22. The molecule has 0 saturated heterocycles. The predicted molar refractivity (Wildman–Crippen MR) is 76.7 cm³/mol. The van der Waals surface area contributed by atoms with Gasteiger partial charge in [-0.25, -0.2) is 0 Å². The van der Waals surface area contributed by atoms with Crippen molar-refractivity contribution in [3.63, 3.8) is 0 Å². The highest BCUT2D eigenvalue weighted by Crippen LogP contribution is 2.31. The predicted octanol–water partition coefficient (Wildman–Crippen LogP) is 4.11. The molecule has 5 heteroatoms. The second-order valence-corrected chi connectivity index (χ2v) is 4.54. The molecule has 0 fully saturated rings. The van der Waals surface area contributed by atoms with Crippen LogP contribution in [0.4, 0.5) is 5.69 Å². The second kappa shape index (κ2) is 6.33. The number of para-hydroxylation sites is 2. The lowest BCUT2D eigenvalue weighted by Crippen LogP contribution is -2.09. The molecule has 0 aromatic heterocycles. The Balaban J connectivity index is 2.27. The lowest BCUT2D eigenvalue weighted by molar-refractivity contribution is -0.386. The third-order valence-corrected chi connectivity index (χ3v) is 3.23. The van der Waals surface area contributed by atoms with Gasteiger partial charge >= 0.3 is 5.69 Å². The molecule has 0 bridgehead atoms. The number of rotatable bonds is 5. The summed E-state index contributed by atoms with van der Waals surface area (Å²) in [4.78, 5) is 10.5. The van der Waals surface area contributed by atoms with Crippen LogP contribution in [0.2, 0.25) is 0 Å². The second-order valence-electron chi connectivity index (χ2n) is 3.90. The van der Waals surface area contributed by atoms with Crippen molar-refractivity contribution in [2.24, 2.45) is 0 Å². The molecule has 2 aromatic rings. The molecule has 19 heavy (non-hydrogen) atoms. The molecule has 1 atom stereocenters. The van der Waals surface area contributed by atoms with Crippen molar-refractivity contribution in [1.29, 1.82) is 0 Å². The Kier molecular flexibility index (Phi) is 4.52. The van der Waals surface area contributed by atoms with E-state index in [1.807, 2.05) is 30.3 Å². The SMILES string of the molecule is O=[N+]([O-])c1ccccc1O[C@@H](CBr)c1ccccc1. The van der Waals surface area contributed by atoms with E-state index in [2.05, 4.69) is 15.9 Å². The highest BCUT2D eigenvalue weighted by molar-refractivity contribution is 9.09. The summed E-state index contributed by atoms with van der Waals surface area (Å²) in [6.07, 6.45) is -0.262. The zero-order valence-corrected chi connectivity index (χ0v) is 11.6. The van der Waals surface area contributed by atoms with E-state index in [1.54, 1.807) is 18.2 Å². The first-order valence-electron chi connectivity index (χ1n) is 5.73. The van der Waals surface area contributed by atoms with E-state index < -0.39 is 4.92 Å². The first kappa shape index (κ1) is 13.5. The van der Waals surface area contributed by atoms with Crippen molar-refractivity contribution < 1.29 is 9.66 Å². The zero-order chi connectivity index (χ0) is 13.7. The molecule has 4 nitrogen and oxygen atoms in total. The fourth-order valence-corrected chi connectivity index (χ4v) is 2.22. The Labute approximate surface area is 119 Å². The summed E-state index contributed by atoms with van der Waals surface area (Å²) >= 11 is 3.38. The van der Waals surface area contributed by atoms with Gasteiger partial charge in [-0.05, 0) is 11.6 Å². The smallest absolute Gasteiger partial charge is 0.310 e. The molecule has 0 unspecified atom stereocenters. The van der Waals surface area contributed by atoms with Crippen LogP contribution in [0.15, 0.2) is 54.6 Å². The van der Waals surface area contributed by atoms with E-state index in [0.717, 1.165) is 5.56 Å². The number of ether oxygens (including phenoxy) is 1. The van der Waals surface area contributed by atoms with Crippen LogP contribution < -0.4 is 4.74 Å². The topological polar surface area (TPSA) is 52.4 Å². The van der Waals surface area contributed by atoms with Crippen molar-refractivity contribution in [3.05, 3.63) is 70.3 Å². The average molecular weight is 322 g/mol. The number of nitrogens with zero attached hydrogens (tertiary/aromatic N) is 1. The van der Waals surface area contributed by atoms with Gasteiger partial charge in [-0.2, -0.15) is 0 Å². The van der Waals surface area contributed by atoms with Gasteiger partial charge in [0.1, 0.15) is 6.10 Å². The van der Waals surface area contributed by atoms with E-state index in [9.17, 15) is 10.1 Å². The van der Waals surface area contributed by atoms with Crippen molar-refractivity contribution >= 4 is 21.6 Å². The molecule has 0 amide bonds. The monoisotopic (exact) mass is 321 g/mol. The summed E-state index contributed by atoms with van der Waals surface area (Å²) in [6, 6.07) is 16.0. The molecule has 2 aromatic carbocycles. The molecule has 2 rings (SSSR count). The average Bonchev–Trinajstić information content (AvgIpc) is 2.46. The van der Waals surface area contributed by atoms with Crippen LogP contribution in [-0.2, 0) is 0 Å². The van der Waals surface area contributed by atoms with Crippen LogP contribution in [0.25, 0.3) is 0 Å². The normalized spacial score (nSPS) is 11.8. The summed E-state index contributed by atoms with van der Waals surface area (Å²) in [5.41, 5.74) is 0.946. The number of nitro groups is 1. The van der Waals surface area contributed by atoms with Gasteiger partial charge in [0, 0.05) is 11.4 Å². The Morgan fingerprint density at radius 1 is 1.11 bits per heavy atom. The molecule has 0 aliphatic heterocycles. The summed E-state index contributed by atoms with van der Waals surface area (Å²) in [6.45, 7) is 0. The molecule has 0 N–H and O–H groups in total. The van der Waals surface area contributed by atoms with Crippen LogP contribution >= 0.6 is 15.9 Å². The molecule has 98 valence electrons. The molecule has 0 aliphatic carbocycles. The van der Waals surface area contributed by atoms with Gasteiger partial charge in [-0.3, -0.25) is 10.1 Å². The van der Waals surface area contributed by atoms with Crippen molar-refractivity contribution in [2.45, 2.75) is 6.10 Å². The zero-order valence-electron chi connectivity index (χ0n) is 10.0. The maximum Gasteiger partial charge on any atom is 0.310 e. The van der Waals surface area contributed by atoms with Crippen molar-refractivity contribution in [1.82, 2.24) is 0 Å². The molecular formula is C14H12BrNO3. The molecule has 0 spiro atoms. The van der Waals surface area contributed by atoms with E-state index in [0.29, 0.717) is 5.33 Å². The fraction of sp³-hybridized carbons (Fsp3) is 0.143. The maximum atomic E-state index is 10.9. The van der Waals surface area contributed by atoms with Gasteiger partial charge < -0.3 is 4.74 Å². The molecular weight excluding hydrogens is 310 g/mol. The Morgan fingerprint density at radius 3 is 2.37 bits per heavy atom. The van der Waals surface area contributed by atoms with E-state index >= 15 is 0 Å². The maximum absolute atomic E-state index is 10.9. The quantitative estimate of drug-likeness (QED) is 0.473. The number of halogens is 1. The van der Waals surface area contributed by atoms with Crippen LogP contribution in [0.3, 0.4) is 0 Å². The van der Waals surface area contributed by atoms with Gasteiger partial charge in [0.2, 0.25) is 0 Å². The highest BCUT2D eigenvalue weighted by atomic mass is 79.9. The number of hydrogen-bond donors (Lipinski definition) is 0. The number of hydrogen-bond acceptors (Lipinski definition) is 3. The Hall–Kier alpha value is -1.88. The summed E-state index contributed by atoms with van der Waals surface area (Å²) in [7, 11) is 0. The van der Waals surface area contributed by atoms with Gasteiger partial charge in [-0.1, -0.05) is 58.4 Å².